The molecule has 0 radical (unpaired) electrons. The molecule has 5 heteroatoms. The van der Waals surface area contributed by atoms with E-state index in [4.69, 9.17) is 0 Å². The standard InChI is InChI=1S/C8H11N3O2/c1-3-4-11-8(13)10(6-9-11)5-7(2)12/h3-4,6H,5H2,1-2H3/b4-3-. The molecule has 0 amide bonds. The Labute approximate surface area is 75.3 Å². The average Bonchev–Trinajstić information content (AvgIpc) is 2.36. The molecule has 1 heterocycles. The first-order valence-electron chi connectivity index (χ1n) is 3.91. The first kappa shape index (κ1) is 9.44. The maximum Gasteiger partial charge on any atom is 0.350 e. The van der Waals surface area contributed by atoms with Crippen LogP contribution in [0.15, 0.2) is 17.2 Å². The minimum Gasteiger partial charge on any atom is -0.298 e. The molecule has 0 saturated carbocycles. The van der Waals surface area contributed by atoms with Crippen molar-refractivity contribution in [2.45, 2.75) is 20.4 Å². The normalized spacial score (nSPS) is 10.9. The number of aromatic nitrogens is 3. The Morgan fingerprint density at radius 1 is 1.69 bits per heavy atom. The second kappa shape index (κ2) is 3.84. The zero-order valence-electron chi connectivity index (χ0n) is 7.60. The fraction of sp³-hybridized carbons (Fsp3) is 0.375. The number of carbonyl (C=O) groups excluding carboxylic acids is 1. The van der Waals surface area contributed by atoms with Crippen molar-refractivity contribution in [3.05, 3.63) is 22.9 Å². The fourth-order valence-corrected chi connectivity index (χ4v) is 0.940. The highest BCUT2D eigenvalue weighted by Crippen LogP contribution is 1.82. The van der Waals surface area contributed by atoms with Crippen LogP contribution in [0.1, 0.15) is 13.8 Å². The molecule has 0 atom stereocenters. The number of rotatable bonds is 3. The number of hydrogen-bond donors (Lipinski definition) is 0. The Bertz CT molecular complexity index is 386. The van der Waals surface area contributed by atoms with Crippen LogP contribution >= 0.6 is 0 Å². The van der Waals surface area contributed by atoms with Gasteiger partial charge in [-0.1, -0.05) is 6.08 Å². The Hall–Kier alpha value is -1.65. The van der Waals surface area contributed by atoms with Gasteiger partial charge in [-0.15, -0.1) is 0 Å². The molecule has 0 saturated heterocycles. The summed E-state index contributed by atoms with van der Waals surface area (Å²) in [6.07, 6.45) is 4.59. The number of ketones is 1. The maximum absolute atomic E-state index is 11.4. The van der Waals surface area contributed by atoms with Crippen LogP contribution < -0.4 is 5.69 Å². The molecule has 1 rings (SSSR count). The number of Topliss-reactive ketones (excluding diaryl/α,β-unsaturated/α-hetero) is 1. The summed E-state index contributed by atoms with van der Waals surface area (Å²) in [7, 11) is 0. The van der Waals surface area contributed by atoms with Crippen molar-refractivity contribution >= 4 is 12.0 Å². The summed E-state index contributed by atoms with van der Waals surface area (Å²) < 4.78 is 2.45. The summed E-state index contributed by atoms with van der Waals surface area (Å²) in [5.74, 6) is -0.0675. The van der Waals surface area contributed by atoms with E-state index >= 15 is 0 Å². The van der Waals surface area contributed by atoms with Crippen molar-refractivity contribution in [2.75, 3.05) is 0 Å². The third-order valence-corrected chi connectivity index (χ3v) is 1.44. The molecule has 0 aliphatic rings. The molecule has 0 bridgehead atoms. The number of hydrogen-bond acceptors (Lipinski definition) is 3. The van der Waals surface area contributed by atoms with Crippen LogP contribution in [0.4, 0.5) is 0 Å². The van der Waals surface area contributed by atoms with Gasteiger partial charge >= 0.3 is 5.69 Å². The number of nitrogens with zero attached hydrogens (tertiary/aromatic N) is 3. The highest BCUT2D eigenvalue weighted by Gasteiger charge is 2.03. The Balaban J connectivity index is 3.00. The summed E-state index contributed by atoms with van der Waals surface area (Å²) in [6, 6.07) is 0. The van der Waals surface area contributed by atoms with E-state index in [-0.39, 0.29) is 18.0 Å². The van der Waals surface area contributed by atoms with Crippen LogP contribution in [0.25, 0.3) is 6.20 Å². The van der Waals surface area contributed by atoms with Gasteiger partial charge in [-0.2, -0.15) is 9.78 Å². The predicted molar refractivity (Wildman–Crippen MR) is 48.2 cm³/mol. The molecule has 13 heavy (non-hydrogen) atoms. The largest absolute Gasteiger partial charge is 0.350 e. The lowest BCUT2D eigenvalue weighted by molar-refractivity contribution is -0.117. The molecule has 0 unspecified atom stereocenters. The van der Waals surface area contributed by atoms with Crippen LogP contribution in [0.3, 0.4) is 0 Å². The summed E-state index contributed by atoms with van der Waals surface area (Å²) in [5, 5.41) is 3.79. The van der Waals surface area contributed by atoms with Gasteiger partial charge in [-0.05, 0) is 13.8 Å². The molecular formula is C8H11N3O2. The third kappa shape index (κ3) is 2.14. The van der Waals surface area contributed by atoms with Gasteiger partial charge in [0, 0.05) is 6.20 Å². The van der Waals surface area contributed by atoms with E-state index in [0.717, 1.165) is 0 Å². The molecule has 5 nitrogen and oxygen atoms in total. The van der Waals surface area contributed by atoms with Crippen molar-refractivity contribution in [2.24, 2.45) is 0 Å². The highest BCUT2D eigenvalue weighted by molar-refractivity contribution is 5.75. The second-order valence-electron chi connectivity index (χ2n) is 2.67. The van der Waals surface area contributed by atoms with Gasteiger partial charge in [0.05, 0.1) is 6.54 Å². The Kier molecular flexibility index (Phi) is 2.79. The van der Waals surface area contributed by atoms with Crippen molar-refractivity contribution in [1.82, 2.24) is 14.3 Å². The zero-order chi connectivity index (χ0) is 9.84. The van der Waals surface area contributed by atoms with E-state index in [0.29, 0.717) is 0 Å². The minimum absolute atomic E-state index is 0.0675. The molecule has 0 N–H and O–H groups in total. The molecule has 1 aromatic rings. The van der Waals surface area contributed by atoms with Crippen LogP contribution in [0.5, 0.6) is 0 Å². The molecule has 0 aliphatic carbocycles. The monoisotopic (exact) mass is 181 g/mol. The lowest BCUT2D eigenvalue weighted by Crippen LogP contribution is -2.24. The van der Waals surface area contributed by atoms with Crippen LogP contribution in [-0.2, 0) is 11.3 Å². The quantitative estimate of drug-likeness (QED) is 0.665. The molecule has 70 valence electrons. The smallest absolute Gasteiger partial charge is 0.298 e. The molecule has 0 aliphatic heterocycles. The van der Waals surface area contributed by atoms with Gasteiger partial charge in [0.2, 0.25) is 0 Å². The van der Waals surface area contributed by atoms with Crippen LogP contribution in [0, 0.1) is 0 Å². The van der Waals surface area contributed by atoms with Gasteiger partial charge in [0.15, 0.2) is 0 Å². The van der Waals surface area contributed by atoms with Crippen molar-refractivity contribution in [3.63, 3.8) is 0 Å². The average molecular weight is 181 g/mol. The van der Waals surface area contributed by atoms with E-state index < -0.39 is 0 Å². The summed E-state index contributed by atoms with van der Waals surface area (Å²) >= 11 is 0. The Morgan fingerprint density at radius 3 is 2.92 bits per heavy atom. The summed E-state index contributed by atoms with van der Waals surface area (Å²) in [6.45, 7) is 3.30. The van der Waals surface area contributed by atoms with Gasteiger partial charge in [0.1, 0.15) is 12.1 Å². The minimum atomic E-state index is -0.298. The fourth-order valence-electron chi connectivity index (χ4n) is 0.940. The van der Waals surface area contributed by atoms with Crippen LogP contribution in [-0.4, -0.2) is 20.1 Å². The van der Waals surface area contributed by atoms with E-state index in [1.54, 1.807) is 19.2 Å². The molecule has 0 fully saturated rings. The van der Waals surface area contributed by atoms with Crippen molar-refractivity contribution in [3.8, 4) is 0 Å². The molecule has 0 spiro atoms. The van der Waals surface area contributed by atoms with E-state index in [1.807, 2.05) is 0 Å². The summed E-state index contributed by atoms with van der Waals surface area (Å²) in [4.78, 5) is 22.1. The van der Waals surface area contributed by atoms with E-state index in [9.17, 15) is 9.59 Å². The maximum atomic E-state index is 11.4. The number of allylic oxidation sites excluding steroid dienone is 1. The lowest BCUT2D eigenvalue weighted by atomic mass is 10.4. The third-order valence-electron chi connectivity index (χ3n) is 1.44. The van der Waals surface area contributed by atoms with E-state index in [1.165, 1.54) is 22.5 Å². The van der Waals surface area contributed by atoms with Gasteiger partial charge in [0.25, 0.3) is 0 Å². The van der Waals surface area contributed by atoms with Gasteiger partial charge in [-0.25, -0.2) is 4.79 Å². The molecule has 0 aromatic carbocycles. The van der Waals surface area contributed by atoms with Crippen molar-refractivity contribution in [1.29, 1.82) is 0 Å². The second-order valence-corrected chi connectivity index (χ2v) is 2.67. The van der Waals surface area contributed by atoms with Gasteiger partial charge in [-0.3, -0.25) is 9.36 Å². The van der Waals surface area contributed by atoms with Gasteiger partial charge < -0.3 is 0 Å². The first-order chi connectivity index (χ1) is 6.15. The summed E-state index contributed by atoms with van der Waals surface area (Å²) in [5.41, 5.74) is -0.298. The van der Waals surface area contributed by atoms with E-state index in [2.05, 4.69) is 5.10 Å². The van der Waals surface area contributed by atoms with Crippen LogP contribution in [0.2, 0.25) is 0 Å². The Morgan fingerprint density at radius 2 is 2.38 bits per heavy atom. The van der Waals surface area contributed by atoms with Crippen molar-refractivity contribution < 1.29 is 4.79 Å². The topological polar surface area (TPSA) is 56.9 Å². The lowest BCUT2D eigenvalue weighted by Gasteiger charge is -1.92. The SMILES string of the molecule is C/C=C\n1ncn(CC(C)=O)c1=O. The highest BCUT2D eigenvalue weighted by atomic mass is 16.2. The first-order valence-corrected chi connectivity index (χ1v) is 3.91. The zero-order valence-corrected chi connectivity index (χ0v) is 7.60. The molecular weight excluding hydrogens is 170 g/mol. The number of carbonyl (C=O) groups is 1. The predicted octanol–water partition coefficient (Wildman–Crippen LogP) is 0.124. The molecule has 1 aromatic heterocycles.